The molecule has 0 amide bonds. The fraction of sp³-hybridized carbons (Fsp3) is 0.611. The van der Waals surface area contributed by atoms with Gasteiger partial charge in [-0.25, -0.2) is 0 Å². The second kappa shape index (κ2) is 6.61. The zero-order chi connectivity index (χ0) is 15.3. The van der Waals surface area contributed by atoms with Gasteiger partial charge < -0.3 is 10.1 Å². The molecule has 3 nitrogen and oxygen atoms in total. The molecule has 1 aliphatic heterocycles. The molecule has 1 saturated heterocycles. The van der Waals surface area contributed by atoms with Crippen LogP contribution in [0, 0.1) is 5.41 Å². The van der Waals surface area contributed by atoms with Gasteiger partial charge in [0.2, 0.25) is 0 Å². The third-order valence-electron chi connectivity index (χ3n) is 5.05. The molecule has 1 heterocycles. The van der Waals surface area contributed by atoms with Crippen LogP contribution >= 0.6 is 0 Å². The van der Waals surface area contributed by atoms with Crippen molar-refractivity contribution in [2.75, 3.05) is 13.1 Å². The van der Waals surface area contributed by atoms with Crippen LogP contribution < -0.4 is 5.32 Å². The van der Waals surface area contributed by atoms with Gasteiger partial charge in [-0.15, -0.1) is 0 Å². The monoisotopic (exact) mass is 289 g/mol. The highest BCUT2D eigenvalue weighted by atomic mass is 16.6. The Morgan fingerprint density at radius 3 is 2.29 bits per heavy atom. The largest absolute Gasteiger partial charge is 0.454 e. The highest BCUT2D eigenvalue weighted by molar-refractivity contribution is 5.77. The second-order valence-electron chi connectivity index (χ2n) is 6.27. The molecular formula is C18H27NO2. The summed E-state index contributed by atoms with van der Waals surface area (Å²) in [6, 6.07) is 10.2. The van der Waals surface area contributed by atoms with E-state index in [9.17, 15) is 4.79 Å². The van der Waals surface area contributed by atoms with Crippen LogP contribution in [-0.4, -0.2) is 19.1 Å². The average molecular weight is 289 g/mol. The summed E-state index contributed by atoms with van der Waals surface area (Å²) in [5.74, 6) is -0.0572. The summed E-state index contributed by atoms with van der Waals surface area (Å²) < 4.78 is 6.13. The Balaban J connectivity index is 2.28. The SMILES string of the molecule is CCC(C)(CC)C(=O)OC1(c2ccccc2)CCNCC1. The van der Waals surface area contributed by atoms with Crippen LogP contribution in [0.5, 0.6) is 0 Å². The number of rotatable bonds is 5. The minimum atomic E-state index is -0.463. The van der Waals surface area contributed by atoms with Crippen LogP contribution in [0.2, 0.25) is 0 Å². The van der Waals surface area contributed by atoms with Gasteiger partial charge >= 0.3 is 5.97 Å². The van der Waals surface area contributed by atoms with Crippen LogP contribution in [0.15, 0.2) is 30.3 Å². The van der Waals surface area contributed by atoms with Crippen molar-refractivity contribution in [3.8, 4) is 0 Å². The molecule has 0 atom stereocenters. The standard InChI is InChI=1S/C18H27NO2/c1-4-17(3,5-2)16(20)21-18(11-13-19-14-12-18)15-9-7-6-8-10-15/h6-10,19H,4-5,11-14H2,1-3H3. The minimum absolute atomic E-state index is 0.0572. The second-order valence-corrected chi connectivity index (χ2v) is 6.27. The molecule has 0 unspecified atom stereocenters. The van der Waals surface area contributed by atoms with Crippen molar-refractivity contribution in [1.29, 1.82) is 0 Å². The van der Waals surface area contributed by atoms with Crippen LogP contribution in [0.25, 0.3) is 0 Å². The summed E-state index contributed by atoms with van der Waals surface area (Å²) in [6.07, 6.45) is 3.30. The molecular weight excluding hydrogens is 262 g/mol. The fourth-order valence-electron chi connectivity index (χ4n) is 2.86. The van der Waals surface area contributed by atoms with Crippen LogP contribution in [0.1, 0.15) is 52.0 Å². The number of hydrogen-bond acceptors (Lipinski definition) is 3. The Morgan fingerprint density at radius 2 is 1.76 bits per heavy atom. The molecule has 116 valence electrons. The van der Waals surface area contributed by atoms with E-state index in [4.69, 9.17) is 4.74 Å². The number of carbonyl (C=O) groups excluding carboxylic acids is 1. The van der Waals surface area contributed by atoms with E-state index in [1.165, 1.54) is 0 Å². The first kappa shape index (κ1) is 16.0. The molecule has 0 saturated carbocycles. The maximum absolute atomic E-state index is 12.7. The zero-order valence-corrected chi connectivity index (χ0v) is 13.4. The first-order chi connectivity index (χ1) is 10.1. The molecule has 3 heteroatoms. The van der Waals surface area contributed by atoms with Gasteiger partial charge in [-0.3, -0.25) is 4.79 Å². The summed E-state index contributed by atoms with van der Waals surface area (Å²) in [4.78, 5) is 12.7. The van der Waals surface area contributed by atoms with E-state index in [0.29, 0.717) is 0 Å². The lowest BCUT2D eigenvalue weighted by Gasteiger charge is -2.40. The maximum atomic E-state index is 12.7. The number of ether oxygens (including phenoxy) is 1. The lowest BCUT2D eigenvalue weighted by molar-refractivity contribution is -0.176. The lowest BCUT2D eigenvalue weighted by atomic mass is 9.82. The molecule has 2 rings (SSSR count). The molecule has 0 aromatic heterocycles. The van der Waals surface area contributed by atoms with Gasteiger partial charge in [0.05, 0.1) is 5.41 Å². The van der Waals surface area contributed by atoms with E-state index >= 15 is 0 Å². The first-order valence-corrected chi connectivity index (χ1v) is 8.06. The molecule has 1 aromatic rings. The fourth-order valence-corrected chi connectivity index (χ4v) is 2.86. The number of piperidine rings is 1. The van der Waals surface area contributed by atoms with Crippen molar-refractivity contribution in [3.63, 3.8) is 0 Å². The Bertz CT molecular complexity index is 459. The molecule has 21 heavy (non-hydrogen) atoms. The van der Waals surface area contributed by atoms with E-state index in [2.05, 4.69) is 31.3 Å². The van der Waals surface area contributed by atoms with Crippen molar-refractivity contribution in [2.45, 2.75) is 52.1 Å². The normalized spacial score (nSPS) is 18.2. The first-order valence-electron chi connectivity index (χ1n) is 8.06. The number of hydrogen-bond donors (Lipinski definition) is 1. The van der Waals surface area contributed by atoms with Crippen molar-refractivity contribution >= 4 is 5.97 Å². The molecule has 0 aliphatic carbocycles. The molecule has 1 aliphatic rings. The zero-order valence-electron chi connectivity index (χ0n) is 13.4. The molecule has 0 bridgehead atoms. The van der Waals surface area contributed by atoms with Gasteiger partial charge in [-0.1, -0.05) is 44.2 Å². The number of esters is 1. The van der Waals surface area contributed by atoms with Crippen molar-refractivity contribution < 1.29 is 9.53 Å². The molecule has 1 aromatic carbocycles. The summed E-state index contributed by atoms with van der Waals surface area (Å²) in [7, 11) is 0. The van der Waals surface area contributed by atoms with Gasteiger partial charge in [0.25, 0.3) is 0 Å². The van der Waals surface area contributed by atoms with Crippen molar-refractivity contribution in [3.05, 3.63) is 35.9 Å². The number of carbonyl (C=O) groups is 1. The van der Waals surface area contributed by atoms with Crippen molar-refractivity contribution in [2.24, 2.45) is 5.41 Å². The van der Waals surface area contributed by atoms with Crippen LogP contribution in [-0.2, 0) is 15.1 Å². The third-order valence-corrected chi connectivity index (χ3v) is 5.05. The third kappa shape index (κ3) is 3.29. The minimum Gasteiger partial charge on any atom is -0.454 e. The van der Waals surface area contributed by atoms with Gasteiger partial charge in [0, 0.05) is 12.8 Å². The van der Waals surface area contributed by atoms with E-state index in [1.54, 1.807) is 0 Å². The maximum Gasteiger partial charge on any atom is 0.312 e. The highest BCUT2D eigenvalue weighted by Gasteiger charge is 2.42. The Morgan fingerprint density at radius 1 is 1.19 bits per heavy atom. The van der Waals surface area contributed by atoms with Crippen LogP contribution in [0.4, 0.5) is 0 Å². The molecule has 0 spiro atoms. The van der Waals surface area contributed by atoms with Crippen molar-refractivity contribution in [1.82, 2.24) is 5.32 Å². The predicted molar refractivity (Wildman–Crippen MR) is 85.0 cm³/mol. The van der Waals surface area contributed by atoms with Gasteiger partial charge in [0.15, 0.2) is 0 Å². The molecule has 0 radical (unpaired) electrons. The van der Waals surface area contributed by atoms with Gasteiger partial charge in [-0.05, 0) is 38.4 Å². The lowest BCUT2D eigenvalue weighted by Crippen LogP contribution is -2.45. The van der Waals surface area contributed by atoms with E-state index in [1.807, 2.05) is 25.1 Å². The summed E-state index contributed by atoms with van der Waals surface area (Å²) in [5.41, 5.74) is 0.274. The smallest absolute Gasteiger partial charge is 0.312 e. The topological polar surface area (TPSA) is 38.3 Å². The van der Waals surface area contributed by atoms with Gasteiger partial charge in [-0.2, -0.15) is 0 Å². The number of benzene rings is 1. The Labute approximate surface area is 128 Å². The average Bonchev–Trinajstić information content (AvgIpc) is 2.55. The van der Waals surface area contributed by atoms with Gasteiger partial charge in [0.1, 0.15) is 5.60 Å². The summed E-state index contributed by atoms with van der Waals surface area (Å²) in [5, 5.41) is 3.36. The van der Waals surface area contributed by atoms with E-state index < -0.39 is 5.60 Å². The Kier molecular flexibility index (Phi) is 5.04. The predicted octanol–water partition coefficient (Wildman–Crippen LogP) is 3.63. The summed E-state index contributed by atoms with van der Waals surface area (Å²) in [6.45, 7) is 7.90. The quantitative estimate of drug-likeness (QED) is 0.841. The molecule has 1 fully saturated rings. The summed E-state index contributed by atoms with van der Waals surface area (Å²) >= 11 is 0. The number of nitrogens with one attached hydrogen (secondary N) is 1. The van der Waals surface area contributed by atoms with Crippen LogP contribution in [0.3, 0.4) is 0 Å². The molecule has 1 N–H and O–H groups in total. The Hall–Kier alpha value is -1.35. The van der Waals surface area contributed by atoms with E-state index in [0.717, 1.165) is 44.3 Å². The van der Waals surface area contributed by atoms with E-state index in [-0.39, 0.29) is 11.4 Å². The highest BCUT2D eigenvalue weighted by Crippen LogP contribution is 2.38.